The molecule has 1 aromatic carbocycles. The van der Waals surface area contributed by atoms with Crippen molar-refractivity contribution in [3.8, 4) is 22.6 Å². The van der Waals surface area contributed by atoms with E-state index in [0.717, 1.165) is 16.0 Å². The number of rotatable bonds is 3. The molecule has 0 atom stereocenters. The Bertz CT molecular complexity index is 708. The number of esters is 1. The van der Waals surface area contributed by atoms with Crippen LogP contribution in [0.2, 0.25) is 0 Å². The van der Waals surface area contributed by atoms with Gasteiger partial charge in [0, 0.05) is 10.4 Å². The zero-order valence-electron chi connectivity index (χ0n) is 11.8. The predicted molar refractivity (Wildman–Crippen MR) is 81.0 cm³/mol. The van der Waals surface area contributed by atoms with E-state index in [0.29, 0.717) is 28.7 Å². The van der Waals surface area contributed by atoms with Crippen LogP contribution >= 0.6 is 11.3 Å². The molecule has 0 saturated heterocycles. The molecule has 0 bridgehead atoms. The van der Waals surface area contributed by atoms with Crippen LogP contribution in [0.15, 0.2) is 18.2 Å². The van der Waals surface area contributed by atoms with Crippen LogP contribution in [-0.4, -0.2) is 19.4 Å². The molecule has 0 unspecified atom stereocenters. The molecule has 0 aliphatic carbocycles. The molecule has 1 aromatic heterocycles. The summed E-state index contributed by atoms with van der Waals surface area (Å²) < 4.78 is 15.8. The Morgan fingerprint density at radius 1 is 1.38 bits per heavy atom. The third-order valence-electron chi connectivity index (χ3n) is 3.25. The lowest BCUT2D eigenvalue weighted by atomic mass is 10.0. The third kappa shape index (κ3) is 2.31. The van der Waals surface area contributed by atoms with E-state index in [1.165, 1.54) is 11.3 Å². The number of carbonyl (C=O) groups is 1. The molecule has 1 aliphatic heterocycles. The molecule has 0 radical (unpaired) electrons. The second-order valence-electron chi connectivity index (χ2n) is 4.56. The fourth-order valence-electron chi connectivity index (χ4n) is 2.37. The topological polar surface area (TPSA) is 70.8 Å². The third-order valence-corrected chi connectivity index (χ3v) is 4.19. The van der Waals surface area contributed by atoms with E-state index in [2.05, 4.69) is 0 Å². The van der Waals surface area contributed by atoms with Crippen molar-refractivity contribution in [1.82, 2.24) is 0 Å². The summed E-state index contributed by atoms with van der Waals surface area (Å²) in [6.45, 7) is 4.24. The van der Waals surface area contributed by atoms with Gasteiger partial charge in [-0.1, -0.05) is 6.07 Å². The maximum atomic E-state index is 12.2. The van der Waals surface area contributed by atoms with Crippen molar-refractivity contribution >= 4 is 22.3 Å². The highest BCUT2D eigenvalue weighted by Crippen LogP contribution is 2.42. The van der Waals surface area contributed by atoms with Gasteiger partial charge in [0.1, 0.15) is 10.6 Å². The lowest BCUT2D eigenvalue weighted by molar-refractivity contribution is 0.0529. The van der Waals surface area contributed by atoms with Crippen molar-refractivity contribution in [2.24, 2.45) is 0 Å². The Hall–Kier alpha value is -2.21. The van der Waals surface area contributed by atoms with Gasteiger partial charge in [-0.3, -0.25) is 0 Å². The molecule has 1 aliphatic rings. The zero-order chi connectivity index (χ0) is 15.0. The Balaban J connectivity index is 2.11. The smallest absolute Gasteiger partial charge is 0.341 e. The van der Waals surface area contributed by atoms with E-state index in [1.807, 2.05) is 25.1 Å². The molecule has 2 N–H and O–H groups in total. The summed E-state index contributed by atoms with van der Waals surface area (Å²) in [7, 11) is 0. The Kier molecular flexibility index (Phi) is 3.47. The average Bonchev–Trinajstić information content (AvgIpc) is 3.01. The van der Waals surface area contributed by atoms with Crippen LogP contribution in [-0.2, 0) is 4.74 Å². The second kappa shape index (κ2) is 5.29. The molecule has 3 rings (SSSR count). The van der Waals surface area contributed by atoms with Gasteiger partial charge in [-0.05, 0) is 31.5 Å². The van der Waals surface area contributed by atoms with Gasteiger partial charge >= 0.3 is 5.97 Å². The molecule has 0 saturated carbocycles. The fraction of sp³-hybridized carbons (Fsp3) is 0.267. The molecule has 21 heavy (non-hydrogen) atoms. The largest absolute Gasteiger partial charge is 0.462 e. The molecular weight excluding hydrogens is 290 g/mol. The summed E-state index contributed by atoms with van der Waals surface area (Å²) in [6, 6.07) is 5.59. The van der Waals surface area contributed by atoms with Crippen LogP contribution in [0, 0.1) is 6.92 Å². The number of ether oxygens (including phenoxy) is 3. The Morgan fingerprint density at radius 2 is 2.14 bits per heavy atom. The Morgan fingerprint density at radius 3 is 2.90 bits per heavy atom. The lowest BCUT2D eigenvalue weighted by Gasteiger charge is -2.07. The number of benzene rings is 1. The quantitative estimate of drug-likeness (QED) is 0.882. The molecule has 6 heteroatoms. The maximum absolute atomic E-state index is 12.2. The van der Waals surface area contributed by atoms with Crippen LogP contribution in [0.4, 0.5) is 5.00 Å². The molecule has 0 amide bonds. The first kappa shape index (κ1) is 13.8. The van der Waals surface area contributed by atoms with E-state index >= 15 is 0 Å². The zero-order valence-corrected chi connectivity index (χ0v) is 12.6. The summed E-state index contributed by atoms with van der Waals surface area (Å²) in [6.07, 6.45) is 0. The normalized spacial score (nSPS) is 12.5. The van der Waals surface area contributed by atoms with Gasteiger partial charge in [-0.25, -0.2) is 4.79 Å². The van der Waals surface area contributed by atoms with Gasteiger partial charge in [0.2, 0.25) is 6.79 Å². The monoisotopic (exact) mass is 305 g/mol. The minimum Gasteiger partial charge on any atom is -0.462 e. The minimum atomic E-state index is -0.396. The summed E-state index contributed by atoms with van der Waals surface area (Å²) in [5, 5.41) is 0.471. The van der Waals surface area contributed by atoms with E-state index in [9.17, 15) is 4.79 Å². The molecule has 2 aromatic rings. The summed E-state index contributed by atoms with van der Waals surface area (Å²) in [5.41, 5.74) is 8.08. The number of hydrogen-bond donors (Lipinski definition) is 1. The molecule has 0 spiro atoms. The van der Waals surface area contributed by atoms with E-state index in [-0.39, 0.29) is 6.79 Å². The molecule has 2 heterocycles. The number of hydrogen-bond acceptors (Lipinski definition) is 6. The summed E-state index contributed by atoms with van der Waals surface area (Å²) in [4.78, 5) is 13.1. The molecule has 110 valence electrons. The van der Waals surface area contributed by atoms with Crippen LogP contribution in [0.3, 0.4) is 0 Å². The van der Waals surface area contributed by atoms with Crippen LogP contribution in [0.1, 0.15) is 22.2 Å². The van der Waals surface area contributed by atoms with Gasteiger partial charge in [-0.15, -0.1) is 11.3 Å². The van der Waals surface area contributed by atoms with Crippen LogP contribution in [0.25, 0.3) is 11.1 Å². The highest BCUT2D eigenvalue weighted by molar-refractivity contribution is 7.16. The van der Waals surface area contributed by atoms with Crippen molar-refractivity contribution in [3.63, 3.8) is 0 Å². The standard InChI is InChI=1S/C15H15NO4S/c1-3-18-15(17)13-12(8(2)21-14(13)16)9-4-5-10-11(6-9)20-7-19-10/h4-6H,3,7,16H2,1-2H3. The van der Waals surface area contributed by atoms with Gasteiger partial charge in [0.15, 0.2) is 11.5 Å². The molecule has 0 fully saturated rings. The Labute approximate surface area is 126 Å². The second-order valence-corrected chi connectivity index (χ2v) is 5.82. The average molecular weight is 305 g/mol. The summed E-state index contributed by atoms with van der Waals surface area (Å²) in [5.74, 6) is 0.982. The fourth-order valence-corrected chi connectivity index (χ4v) is 3.31. The minimum absolute atomic E-state index is 0.217. The van der Waals surface area contributed by atoms with Gasteiger partial charge in [0.25, 0.3) is 0 Å². The van der Waals surface area contributed by atoms with Gasteiger partial charge in [0.05, 0.1) is 6.61 Å². The number of anilines is 1. The SMILES string of the molecule is CCOC(=O)c1c(N)sc(C)c1-c1ccc2c(c1)OCO2. The molecular formula is C15H15NO4S. The van der Waals surface area contributed by atoms with Gasteiger partial charge < -0.3 is 19.9 Å². The number of aryl methyl sites for hydroxylation is 1. The number of nitrogen functional groups attached to an aromatic ring is 1. The molecule has 5 nitrogen and oxygen atoms in total. The van der Waals surface area contributed by atoms with Crippen molar-refractivity contribution in [1.29, 1.82) is 0 Å². The van der Waals surface area contributed by atoms with Crippen LogP contribution in [0.5, 0.6) is 11.5 Å². The first-order chi connectivity index (χ1) is 10.1. The van der Waals surface area contributed by atoms with E-state index in [1.54, 1.807) is 6.92 Å². The van der Waals surface area contributed by atoms with Crippen molar-refractivity contribution in [2.75, 3.05) is 19.1 Å². The van der Waals surface area contributed by atoms with E-state index in [4.69, 9.17) is 19.9 Å². The van der Waals surface area contributed by atoms with Crippen molar-refractivity contribution < 1.29 is 19.0 Å². The number of thiophene rings is 1. The van der Waals surface area contributed by atoms with Crippen molar-refractivity contribution in [3.05, 3.63) is 28.6 Å². The van der Waals surface area contributed by atoms with E-state index < -0.39 is 5.97 Å². The first-order valence-corrected chi connectivity index (χ1v) is 7.39. The number of nitrogens with two attached hydrogens (primary N) is 1. The maximum Gasteiger partial charge on any atom is 0.341 e. The number of carbonyl (C=O) groups excluding carboxylic acids is 1. The lowest BCUT2D eigenvalue weighted by Crippen LogP contribution is -2.07. The highest BCUT2D eigenvalue weighted by Gasteiger charge is 2.24. The first-order valence-electron chi connectivity index (χ1n) is 6.57. The number of fused-ring (bicyclic) bond motifs is 1. The predicted octanol–water partition coefficient (Wildman–Crippen LogP) is 3.21. The van der Waals surface area contributed by atoms with Crippen molar-refractivity contribution in [2.45, 2.75) is 13.8 Å². The highest BCUT2D eigenvalue weighted by atomic mass is 32.1. The summed E-state index contributed by atoms with van der Waals surface area (Å²) >= 11 is 1.38. The van der Waals surface area contributed by atoms with Crippen LogP contribution < -0.4 is 15.2 Å². The van der Waals surface area contributed by atoms with Gasteiger partial charge in [-0.2, -0.15) is 0 Å².